The third-order valence-corrected chi connectivity index (χ3v) is 4.00. The van der Waals surface area contributed by atoms with Crippen LogP contribution in [-0.2, 0) is 16.1 Å². The molecular weight excluding hydrogens is 365 g/mol. The number of carbonyl (C=O) groups is 1. The van der Waals surface area contributed by atoms with Gasteiger partial charge in [-0.3, -0.25) is 4.79 Å². The average Bonchev–Trinajstić information content (AvgIpc) is 2.54. The summed E-state index contributed by atoms with van der Waals surface area (Å²) in [6.45, 7) is -1.76. The van der Waals surface area contributed by atoms with Crippen molar-refractivity contribution in [1.29, 1.82) is 0 Å². The molecule has 0 aromatic heterocycles. The first-order valence-electron chi connectivity index (χ1n) is 7.31. The van der Waals surface area contributed by atoms with Gasteiger partial charge in [0.15, 0.2) is 0 Å². The van der Waals surface area contributed by atoms with E-state index in [-0.39, 0.29) is 36.5 Å². The fraction of sp³-hybridized carbons (Fsp3) is 0.533. The topological polar surface area (TPSA) is 73.6 Å². The molecule has 1 aliphatic heterocycles. The molecule has 1 amide bonds. The van der Waals surface area contributed by atoms with Crippen molar-refractivity contribution in [3.63, 3.8) is 0 Å². The molecule has 1 saturated heterocycles. The van der Waals surface area contributed by atoms with E-state index in [1.807, 2.05) is 0 Å². The molecule has 1 atom stereocenters. The third-order valence-electron chi connectivity index (χ3n) is 3.77. The molecule has 1 unspecified atom stereocenters. The zero-order valence-corrected chi connectivity index (χ0v) is 14.4. The second-order valence-corrected chi connectivity index (χ2v) is 5.76. The lowest BCUT2D eigenvalue weighted by Crippen LogP contribution is -2.46. The molecule has 0 radical (unpaired) electrons. The molecule has 0 bridgehead atoms. The SMILES string of the molecule is Cl.NC(C(=O)NCc1cc(Cl)ccc1OC(F)F)C1CCOCC1. The van der Waals surface area contributed by atoms with Crippen LogP contribution < -0.4 is 15.8 Å². The van der Waals surface area contributed by atoms with Crippen molar-refractivity contribution in [1.82, 2.24) is 5.32 Å². The van der Waals surface area contributed by atoms with E-state index in [1.165, 1.54) is 18.2 Å². The second-order valence-electron chi connectivity index (χ2n) is 5.32. The summed E-state index contributed by atoms with van der Waals surface area (Å²) < 4.78 is 34.4. The van der Waals surface area contributed by atoms with E-state index in [4.69, 9.17) is 22.1 Å². The van der Waals surface area contributed by atoms with Crippen molar-refractivity contribution in [2.24, 2.45) is 11.7 Å². The van der Waals surface area contributed by atoms with Gasteiger partial charge in [-0.1, -0.05) is 11.6 Å². The standard InChI is InChI=1S/C15H19ClF2N2O3.ClH/c16-11-1-2-12(23-15(17)18)10(7-11)8-20-14(21)13(19)9-3-5-22-6-4-9;/h1-2,7,9,13,15H,3-6,8,19H2,(H,20,21);1H. The minimum absolute atomic E-state index is 0. The minimum Gasteiger partial charge on any atom is -0.434 e. The molecule has 2 rings (SSSR count). The number of amides is 1. The zero-order valence-electron chi connectivity index (χ0n) is 12.8. The van der Waals surface area contributed by atoms with Gasteiger partial charge >= 0.3 is 6.61 Å². The van der Waals surface area contributed by atoms with Crippen LogP contribution in [0.2, 0.25) is 5.02 Å². The summed E-state index contributed by atoms with van der Waals surface area (Å²) in [5.74, 6) is -0.302. The Bertz CT molecular complexity index is 543. The Morgan fingerprint density at radius 3 is 2.71 bits per heavy atom. The average molecular weight is 385 g/mol. The third kappa shape index (κ3) is 6.05. The van der Waals surface area contributed by atoms with Gasteiger partial charge in [-0.2, -0.15) is 8.78 Å². The summed E-state index contributed by atoms with van der Waals surface area (Å²) in [7, 11) is 0. The molecule has 0 saturated carbocycles. The maximum absolute atomic E-state index is 12.4. The Morgan fingerprint density at radius 1 is 1.42 bits per heavy atom. The first-order chi connectivity index (χ1) is 11.0. The quantitative estimate of drug-likeness (QED) is 0.790. The molecule has 1 aliphatic rings. The van der Waals surface area contributed by atoms with Crippen molar-refractivity contribution >= 4 is 29.9 Å². The van der Waals surface area contributed by atoms with Crippen LogP contribution in [0.15, 0.2) is 18.2 Å². The normalized spacial score (nSPS) is 16.4. The van der Waals surface area contributed by atoms with Gasteiger partial charge in [-0.15, -0.1) is 12.4 Å². The van der Waals surface area contributed by atoms with Gasteiger partial charge in [0.05, 0.1) is 6.04 Å². The highest BCUT2D eigenvalue weighted by Crippen LogP contribution is 2.24. The summed E-state index contributed by atoms with van der Waals surface area (Å²) in [6.07, 6.45) is 1.46. The lowest BCUT2D eigenvalue weighted by molar-refractivity contribution is -0.124. The van der Waals surface area contributed by atoms with Gasteiger partial charge in [0, 0.05) is 30.3 Å². The Labute approximate surface area is 150 Å². The lowest BCUT2D eigenvalue weighted by atomic mass is 9.92. The maximum atomic E-state index is 12.4. The number of nitrogens with two attached hydrogens (primary N) is 1. The summed E-state index contributed by atoms with van der Waals surface area (Å²) in [5.41, 5.74) is 6.33. The number of hydrogen-bond donors (Lipinski definition) is 2. The van der Waals surface area contributed by atoms with Crippen molar-refractivity contribution in [3.8, 4) is 5.75 Å². The number of rotatable bonds is 6. The van der Waals surface area contributed by atoms with E-state index in [1.54, 1.807) is 0 Å². The van der Waals surface area contributed by atoms with Crippen LogP contribution in [0.4, 0.5) is 8.78 Å². The summed E-state index contributed by atoms with van der Waals surface area (Å²) >= 11 is 5.86. The number of halogens is 4. The van der Waals surface area contributed by atoms with Crippen LogP contribution in [0, 0.1) is 5.92 Å². The van der Waals surface area contributed by atoms with Crippen LogP contribution in [0.5, 0.6) is 5.75 Å². The van der Waals surface area contributed by atoms with E-state index in [9.17, 15) is 13.6 Å². The predicted octanol–water partition coefficient (Wildman–Crippen LogP) is 2.73. The molecule has 1 fully saturated rings. The van der Waals surface area contributed by atoms with Crippen LogP contribution in [0.25, 0.3) is 0 Å². The molecule has 1 aromatic rings. The van der Waals surface area contributed by atoms with Crippen LogP contribution in [0.1, 0.15) is 18.4 Å². The first-order valence-corrected chi connectivity index (χ1v) is 7.69. The van der Waals surface area contributed by atoms with E-state index in [0.717, 1.165) is 12.8 Å². The van der Waals surface area contributed by atoms with E-state index >= 15 is 0 Å². The highest BCUT2D eigenvalue weighted by molar-refractivity contribution is 6.30. The lowest BCUT2D eigenvalue weighted by Gasteiger charge is -2.26. The van der Waals surface area contributed by atoms with E-state index in [2.05, 4.69) is 10.1 Å². The fourth-order valence-electron chi connectivity index (χ4n) is 2.49. The first kappa shape index (κ1) is 20.9. The molecule has 1 heterocycles. The van der Waals surface area contributed by atoms with Gasteiger partial charge in [0.25, 0.3) is 0 Å². The van der Waals surface area contributed by atoms with E-state index in [0.29, 0.717) is 23.8 Å². The van der Waals surface area contributed by atoms with Crippen molar-refractivity contribution in [2.45, 2.75) is 32.0 Å². The summed E-state index contributed by atoms with van der Waals surface area (Å²) in [5, 5.41) is 3.01. The Morgan fingerprint density at radius 2 is 2.08 bits per heavy atom. The second kappa shape index (κ2) is 9.98. The van der Waals surface area contributed by atoms with Gasteiger partial charge in [-0.05, 0) is 37.0 Å². The Hall–Kier alpha value is -1.15. The number of ether oxygens (including phenoxy) is 2. The van der Waals surface area contributed by atoms with Crippen LogP contribution in [0.3, 0.4) is 0 Å². The van der Waals surface area contributed by atoms with Crippen LogP contribution in [-0.4, -0.2) is 31.8 Å². The smallest absolute Gasteiger partial charge is 0.387 e. The largest absolute Gasteiger partial charge is 0.434 e. The maximum Gasteiger partial charge on any atom is 0.387 e. The Kier molecular flexibility index (Phi) is 8.69. The molecule has 24 heavy (non-hydrogen) atoms. The summed E-state index contributed by atoms with van der Waals surface area (Å²) in [6, 6.07) is 3.60. The number of alkyl halides is 2. The summed E-state index contributed by atoms with van der Waals surface area (Å²) in [4.78, 5) is 12.1. The van der Waals surface area contributed by atoms with E-state index < -0.39 is 12.7 Å². The minimum atomic E-state index is -2.95. The monoisotopic (exact) mass is 384 g/mol. The van der Waals surface area contributed by atoms with Gasteiger partial charge in [0.2, 0.25) is 5.91 Å². The van der Waals surface area contributed by atoms with Crippen molar-refractivity contribution < 1.29 is 23.0 Å². The molecule has 5 nitrogen and oxygen atoms in total. The van der Waals surface area contributed by atoms with Gasteiger partial charge in [-0.25, -0.2) is 0 Å². The Balaban J connectivity index is 0.00000288. The van der Waals surface area contributed by atoms with Gasteiger partial charge in [0.1, 0.15) is 5.75 Å². The number of carbonyl (C=O) groups excluding carboxylic acids is 1. The highest BCUT2D eigenvalue weighted by atomic mass is 35.5. The number of hydrogen-bond acceptors (Lipinski definition) is 4. The molecule has 0 aliphatic carbocycles. The molecule has 136 valence electrons. The van der Waals surface area contributed by atoms with Crippen LogP contribution >= 0.6 is 24.0 Å². The molecule has 1 aromatic carbocycles. The predicted molar refractivity (Wildman–Crippen MR) is 88.7 cm³/mol. The molecular formula is C15H20Cl2F2N2O3. The number of nitrogens with one attached hydrogen (secondary N) is 1. The van der Waals surface area contributed by atoms with Crippen molar-refractivity contribution in [2.75, 3.05) is 13.2 Å². The van der Waals surface area contributed by atoms with Crippen molar-refractivity contribution in [3.05, 3.63) is 28.8 Å². The molecule has 9 heteroatoms. The fourth-order valence-corrected chi connectivity index (χ4v) is 2.68. The highest BCUT2D eigenvalue weighted by Gasteiger charge is 2.26. The molecule has 3 N–H and O–H groups in total. The number of benzene rings is 1. The zero-order chi connectivity index (χ0) is 16.8. The van der Waals surface area contributed by atoms with Gasteiger partial charge < -0.3 is 20.5 Å². The molecule has 0 spiro atoms.